The molecule has 2 amide bonds. The lowest BCUT2D eigenvalue weighted by molar-refractivity contribution is -0.348. The molecule has 3 rings (SSSR count). The van der Waals surface area contributed by atoms with E-state index in [1.165, 1.54) is 24.3 Å². The molecule has 0 aliphatic carbocycles. The van der Waals surface area contributed by atoms with Crippen molar-refractivity contribution in [2.45, 2.75) is 24.2 Å². The lowest BCUT2D eigenvalue weighted by Gasteiger charge is -2.32. The van der Waals surface area contributed by atoms with E-state index in [2.05, 4.69) is 15.9 Å². The van der Waals surface area contributed by atoms with Gasteiger partial charge in [-0.1, -0.05) is 24.3 Å². The molecule has 0 atom stereocenters. The Morgan fingerprint density at radius 2 is 1.33 bits per heavy atom. The van der Waals surface area contributed by atoms with Crippen LogP contribution < -0.4 is 9.32 Å². The first kappa shape index (κ1) is 33.1. The molecule has 0 fully saturated rings. The average molecular weight is 698 g/mol. The van der Waals surface area contributed by atoms with Crippen molar-refractivity contribution in [3.63, 3.8) is 0 Å². The number of alkyl halides is 10. The Kier molecular flexibility index (Phi) is 8.95. The molecule has 226 valence electrons. The molecule has 3 aromatic carbocycles. The summed E-state index contributed by atoms with van der Waals surface area (Å²) in [6, 6.07) is 9.07. The van der Waals surface area contributed by atoms with Crippen molar-refractivity contribution in [1.29, 1.82) is 0 Å². The molecule has 3 aromatic rings. The molecule has 0 N–H and O–H groups in total. The minimum absolute atomic E-state index is 0.0931. The van der Waals surface area contributed by atoms with Crippen LogP contribution in [0.3, 0.4) is 0 Å². The highest BCUT2D eigenvalue weighted by Crippen LogP contribution is 2.55. The predicted octanol–water partition coefficient (Wildman–Crippen LogP) is 8.97. The van der Waals surface area contributed by atoms with Crippen molar-refractivity contribution in [3.8, 4) is 0 Å². The quantitative estimate of drug-likeness (QED) is 0.197. The Labute approximate surface area is 242 Å². The summed E-state index contributed by atoms with van der Waals surface area (Å²) in [5, 5.41) is 0. The van der Waals surface area contributed by atoms with Gasteiger partial charge in [0, 0.05) is 34.4 Å². The third-order valence-corrected chi connectivity index (χ3v) is 6.74. The molecule has 0 aliphatic rings. The maximum Gasteiger partial charge on any atom is 0.435 e. The van der Waals surface area contributed by atoms with Crippen molar-refractivity contribution in [2.24, 2.45) is 0 Å². The van der Waals surface area contributed by atoms with Crippen molar-refractivity contribution >= 4 is 50.9 Å². The molecule has 0 aliphatic heterocycles. The Hall–Kier alpha value is -3.40. The van der Waals surface area contributed by atoms with E-state index in [-0.39, 0.29) is 11.6 Å². The second-order valence-corrected chi connectivity index (χ2v) is 9.65. The fourth-order valence-corrected chi connectivity index (χ4v) is 4.75. The van der Waals surface area contributed by atoms with E-state index in [4.69, 9.17) is 11.8 Å². The first-order valence-electron chi connectivity index (χ1n) is 11.0. The second kappa shape index (κ2) is 11.4. The highest BCUT2D eigenvalue weighted by Gasteiger charge is 2.73. The van der Waals surface area contributed by atoms with Crippen LogP contribution >= 0.6 is 27.7 Å². The minimum Gasteiger partial charge on any atom is -0.309 e. The molecule has 17 heteroatoms. The number of hydrogen-bond acceptors (Lipinski definition) is 2. The minimum atomic E-state index is -6.75. The normalized spacial score (nSPS) is 12.7. The van der Waals surface area contributed by atoms with Gasteiger partial charge in [0.2, 0.25) is 0 Å². The lowest BCUT2D eigenvalue weighted by Crippen LogP contribution is -2.50. The Balaban J connectivity index is 2.15. The Bertz CT molecular complexity index is 1500. The van der Waals surface area contributed by atoms with Gasteiger partial charge in [0.25, 0.3) is 11.8 Å². The van der Waals surface area contributed by atoms with Crippen molar-refractivity contribution < 1.29 is 57.9 Å². The van der Waals surface area contributed by atoms with Gasteiger partial charge in [0.15, 0.2) is 5.82 Å². The van der Waals surface area contributed by atoms with E-state index in [1.807, 2.05) is 0 Å². The third kappa shape index (κ3) is 5.91. The fraction of sp³-hybridized carbons (Fsp3) is 0.200. The molecular weight excluding hydrogens is 685 g/mol. The van der Waals surface area contributed by atoms with E-state index in [0.29, 0.717) is 0 Å². The highest BCUT2D eigenvalue weighted by molar-refractivity contribution is 9.10. The van der Waals surface area contributed by atoms with Crippen LogP contribution in [0.15, 0.2) is 65.1 Å². The topological polar surface area (TPSA) is 40.6 Å². The molecule has 0 spiro atoms. The number of carbonyl (C=O) groups is 2. The zero-order valence-corrected chi connectivity index (χ0v) is 22.7. The smallest absolute Gasteiger partial charge is 0.309 e. The molecule has 0 bridgehead atoms. The van der Waals surface area contributed by atoms with E-state index >= 15 is 4.39 Å². The highest BCUT2D eigenvalue weighted by atomic mass is 79.9. The van der Waals surface area contributed by atoms with Crippen molar-refractivity contribution in [3.05, 3.63) is 93.2 Å². The molecule has 4 nitrogen and oxygen atoms in total. The van der Waals surface area contributed by atoms with Crippen LogP contribution in [0, 0.1) is 5.82 Å². The second-order valence-electron chi connectivity index (χ2n) is 8.46. The number of rotatable bonds is 5. The van der Waals surface area contributed by atoms with Gasteiger partial charge in [-0.2, -0.15) is 39.5 Å². The van der Waals surface area contributed by atoms with Crippen LogP contribution in [0.25, 0.3) is 0 Å². The largest absolute Gasteiger partial charge is 0.435 e. The van der Waals surface area contributed by atoms with Gasteiger partial charge in [-0.05, 0) is 52.3 Å². The molecule has 0 heterocycles. The third-order valence-electron chi connectivity index (χ3n) is 5.82. The molecule has 0 radical (unpaired) electrons. The van der Waals surface area contributed by atoms with Gasteiger partial charge >= 0.3 is 24.2 Å². The number of amides is 2. The molecule has 0 saturated carbocycles. The van der Waals surface area contributed by atoms with Crippen LogP contribution in [-0.2, 0) is 11.8 Å². The monoisotopic (exact) mass is 696 g/mol. The molecular formula is C25H13BrClF11N2O2. The average Bonchev–Trinajstić information content (AvgIpc) is 2.89. The van der Waals surface area contributed by atoms with Crippen LogP contribution in [-0.4, -0.2) is 31.2 Å². The first-order chi connectivity index (χ1) is 19.1. The maximum absolute atomic E-state index is 15.4. The number of anilines is 2. The standard InChI is InChI=1S/C25H13BrClF11N2O2/c1-39(20(41)12-6-3-2-4-7-12)17-9-5-8-14(18(17)28)21(42)40(27)19-15(23(30,31)32)10-13(11-16(19)26)22(29,24(33,34)35)25(36,37)38/h2-11H,1H3. The summed E-state index contributed by atoms with van der Waals surface area (Å²) in [4.78, 5) is 26.5. The molecule has 0 unspecified atom stereocenters. The predicted molar refractivity (Wildman–Crippen MR) is 132 cm³/mol. The molecule has 42 heavy (non-hydrogen) atoms. The van der Waals surface area contributed by atoms with E-state index in [9.17, 15) is 53.5 Å². The molecule has 0 aromatic heterocycles. The molecule has 0 saturated heterocycles. The van der Waals surface area contributed by atoms with E-state index < -0.39 is 84.9 Å². The van der Waals surface area contributed by atoms with Crippen LogP contribution in [0.5, 0.6) is 0 Å². The summed E-state index contributed by atoms with van der Waals surface area (Å²) in [6.45, 7) is 0. The zero-order valence-electron chi connectivity index (χ0n) is 20.4. The SMILES string of the molecule is CN(C(=O)c1ccccc1)c1cccc(C(=O)N(Cl)c2c(Br)cc(C(F)(C(F)(F)F)C(F)(F)F)cc2C(F)(F)F)c1F. The van der Waals surface area contributed by atoms with E-state index in [1.54, 1.807) is 6.07 Å². The van der Waals surface area contributed by atoms with Crippen LogP contribution in [0.4, 0.5) is 59.7 Å². The number of carbonyl (C=O) groups excluding carboxylic acids is 2. The van der Waals surface area contributed by atoms with Gasteiger partial charge in [0.1, 0.15) is 0 Å². The summed E-state index contributed by atoms with van der Waals surface area (Å²) in [5.41, 5.74) is -14.2. The summed E-state index contributed by atoms with van der Waals surface area (Å²) < 4.78 is 149. The number of nitrogens with zero attached hydrogens (tertiary/aromatic N) is 2. The van der Waals surface area contributed by atoms with E-state index in [0.717, 1.165) is 30.1 Å². The van der Waals surface area contributed by atoms with Gasteiger partial charge in [-0.15, -0.1) is 0 Å². The fourth-order valence-electron chi connectivity index (χ4n) is 3.74. The Morgan fingerprint density at radius 3 is 1.83 bits per heavy atom. The van der Waals surface area contributed by atoms with Gasteiger partial charge in [0.05, 0.1) is 22.5 Å². The van der Waals surface area contributed by atoms with Gasteiger partial charge < -0.3 is 4.90 Å². The van der Waals surface area contributed by atoms with Crippen molar-refractivity contribution in [2.75, 3.05) is 16.4 Å². The zero-order chi connectivity index (χ0) is 32.0. The first-order valence-corrected chi connectivity index (χ1v) is 12.1. The summed E-state index contributed by atoms with van der Waals surface area (Å²) >= 11 is 8.12. The van der Waals surface area contributed by atoms with Crippen LogP contribution in [0.1, 0.15) is 31.8 Å². The van der Waals surface area contributed by atoms with Gasteiger partial charge in [-0.3, -0.25) is 9.59 Å². The maximum atomic E-state index is 15.4. The van der Waals surface area contributed by atoms with Crippen molar-refractivity contribution in [1.82, 2.24) is 0 Å². The summed E-state index contributed by atoms with van der Waals surface area (Å²) in [5.74, 6) is -3.99. The van der Waals surface area contributed by atoms with Crippen LogP contribution in [0.2, 0.25) is 0 Å². The van der Waals surface area contributed by atoms with Gasteiger partial charge in [-0.25, -0.2) is 13.2 Å². The Morgan fingerprint density at radius 1 is 0.786 bits per heavy atom. The summed E-state index contributed by atoms with van der Waals surface area (Å²) in [6.07, 6.45) is -19.3. The summed E-state index contributed by atoms with van der Waals surface area (Å²) in [7, 11) is 1.11. The lowest BCUT2D eigenvalue weighted by atomic mass is 9.92. The number of benzene rings is 3. The number of halogens is 13. The number of hydrogen-bond donors (Lipinski definition) is 0.